The van der Waals surface area contributed by atoms with Crippen molar-refractivity contribution >= 4 is 29.3 Å². The lowest BCUT2D eigenvalue weighted by Gasteiger charge is -2.36. The summed E-state index contributed by atoms with van der Waals surface area (Å²) in [6.07, 6.45) is -0.443. The van der Waals surface area contributed by atoms with Gasteiger partial charge in [-0.1, -0.05) is 82.0 Å². The summed E-state index contributed by atoms with van der Waals surface area (Å²) in [5.41, 5.74) is -0.905. The number of nitrogens with one attached hydrogen (secondary N) is 1. The van der Waals surface area contributed by atoms with Crippen LogP contribution in [0.2, 0.25) is 5.15 Å². The first-order valence-corrected chi connectivity index (χ1v) is 13.3. The Morgan fingerprint density at radius 3 is 2.24 bits per heavy atom. The Morgan fingerprint density at radius 1 is 1.05 bits per heavy atom. The molecule has 0 unspecified atom stereocenters. The number of pyridine rings is 1. The SMILES string of the molecule is CC(C)(C)[C@@H]1[C@@H](Nc2cc(C(F)(F)F)cc(Cl)n2)[C@@H](c2ccccc2)N(C(=O)C2CCCCC2)[C@H]1C(=O)O. The minimum Gasteiger partial charge on any atom is -0.480 e. The van der Waals surface area contributed by atoms with Crippen LogP contribution in [0.4, 0.5) is 19.0 Å². The van der Waals surface area contributed by atoms with Crippen LogP contribution in [-0.4, -0.2) is 39.0 Å². The molecule has 4 rings (SSSR count). The standard InChI is InChI=1S/C28H33ClF3N3O3/c1-27(2,3)21-22(34-20-15-18(28(30,31)32)14-19(29)33-20)23(16-10-6-4-7-11-16)35(24(21)26(37)38)25(36)17-12-8-5-9-13-17/h4,6-7,10-11,14-15,17,21-24H,5,8-9,12-13H2,1-3H3,(H,33,34)(H,37,38)/t21-,22-,23-,24-/m1/s1. The lowest BCUT2D eigenvalue weighted by molar-refractivity contribution is -0.154. The maximum absolute atomic E-state index is 14.1. The zero-order valence-electron chi connectivity index (χ0n) is 21.6. The Hall–Kier alpha value is -2.81. The number of alkyl halides is 3. The van der Waals surface area contributed by atoms with Crippen LogP contribution in [0.15, 0.2) is 42.5 Å². The number of nitrogens with zero attached hydrogens (tertiary/aromatic N) is 2. The largest absolute Gasteiger partial charge is 0.480 e. The number of hydrogen-bond acceptors (Lipinski definition) is 4. The highest BCUT2D eigenvalue weighted by Gasteiger charge is 2.58. The third-order valence-electron chi connectivity index (χ3n) is 7.71. The minimum atomic E-state index is -4.65. The van der Waals surface area contributed by atoms with Crippen LogP contribution in [0.5, 0.6) is 0 Å². The van der Waals surface area contributed by atoms with Gasteiger partial charge in [0.05, 0.1) is 17.6 Å². The molecule has 1 amide bonds. The number of carboxylic acid groups (broad SMARTS) is 1. The molecule has 1 saturated heterocycles. The third kappa shape index (κ3) is 5.77. The summed E-state index contributed by atoms with van der Waals surface area (Å²) in [5, 5.41) is 13.3. The number of hydrogen-bond donors (Lipinski definition) is 2. The second-order valence-corrected chi connectivity index (χ2v) is 11.7. The van der Waals surface area contributed by atoms with Crippen LogP contribution < -0.4 is 5.32 Å². The number of anilines is 1. The molecule has 38 heavy (non-hydrogen) atoms. The monoisotopic (exact) mass is 551 g/mol. The highest BCUT2D eigenvalue weighted by atomic mass is 35.5. The number of halogens is 4. The Balaban J connectivity index is 1.88. The summed E-state index contributed by atoms with van der Waals surface area (Å²) in [6.45, 7) is 5.64. The fraction of sp³-hybridized carbons (Fsp3) is 0.536. The number of rotatable bonds is 5. The van der Waals surface area contributed by atoms with Crippen LogP contribution >= 0.6 is 11.6 Å². The van der Waals surface area contributed by atoms with Crippen molar-refractivity contribution in [3.63, 3.8) is 0 Å². The highest BCUT2D eigenvalue weighted by Crippen LogP contribution is 2.50. The Morgan fingerprint density at radius 2 is 1.68 bits per heavy atom. The van der Waals surface area contributed by atoms with Crippen molar-refractivity contribution in [2.24, 2.45) is 17.3 Å². The van der Waals surface area contributed by atoms with Crippen molar-refractivity contribution < 1.29 is 27.9 Å². The molecule has 1 aliphatic heterocycles. The smallest absolute Gasteiger partial charge is 0.416 e. The molecular formula is C28H33ClF3N3O3. The van der Waals surface area contributed by atoms with Gasteiger partial charge < -0.3 is 15.3 Å². The van der Waals surface area contributed by atoms with Crippen molar-refractivity contribution in [2.45, 2.75) is 77.2 Å². The summed E-state index contributed by atoms with van der Waals surface area (Å²) < 4.78 is 40.7. The van der Waals surface area contributed by atoms with Crippen molar-refractivity contribution in [2.75, 3.05) is 5.32 Å². The zero-order chi connectivity index (χ0) is 27.8. The van der Waals surface area contributed by atoms with Gasteiger partial charge in [0.2, 0.25) is 5.91 Å². The molecule has 0 radical (unpaired) electrons. The van der Waals surface area contributed by atoms with E-state index >= 15 is 0 Å². The average Bonchev–Trinajstić information content (AvgIpc) is 3.19. The summed E-state index contributed by atoms with van der Waals surface area (Å²) >= 11 is 5.97. The minimum absolute atomic E-state index is 0.124. The van der Waals surface area contributed by atoms with Gasteiger partial charge in [0, 0.05) is 11.8 Å². The van der Waals surface area contributed by atoms with Gasteiger partial charge in [-0.15, -0.1) is 0 Å². The summed E-state index contributed by atoms with van der Waals surface area (Å²) in [4.78, 5) is 32.5. The quantitative estimate of drug-likeness (QED) is 0.399. The highest BCUT2D eigenvalue weighted by molar-refractivity contribution is 6.29. The summed E-state index contributed by atoms with van der Waals surface area (Å²) in [6, 6.07) is 7.99. The first kappa shape index (κ1) is 28.2. The number of amides is 1. The van der Waals surface area contributed by atoms with E-state index in [0.29, 0.717) is 18.4 Å². The van der Waals surface area contributed by atoms with E-state index in [9.17, 15) is 27.9 Å². The first-order chi connectivity index (χ1) is 17.8. The maximum atomic E-state index is 14.1. The number of carbonyl (C=O) groups is 2. The van der Waals surface area contributed by atoms with E-state index in [0.717, 1.165) is 31.4 Å². The van der Waals surface area contributed by atoms with Gasteiger partial charge >= 0.3 is 12.1 Å². The van der Waals surface area contributed by atoms with E-state index < -0.39 is 47.2 Å². The van der Waals surface area contributed by atoms with Crippen molar-refractivity contribution in [1.29, 1.82) is 0 Å². The van der Waals surface area contributed by atoms with E-state index in [1.54, 1.807) is 12.1 Å². The molecule has 4 atom stereocenters. The molecule has 206 valence electrons. The molecule has 6 nitrogen and oxygen atoms in total. The van der Waals surface area contributed by atoms with E-state index in [4.69, 9.17) is 11.6 Å². The van der Waals surface area contributed by atoms with Crippen LogP contribution in [0.25, 0.3) is 0 Å². The number of benzene rings is 1. The maximum Gasteiger partial charge on any atom is 0.416 e. The molecule has 0 spiro atoms. The predicted octanol–water partition coefficient (Wildman–Crippen LogP) is 6.81. The number of carbonyl (C=O) groups excluding carboxylic acids is 1. The topological polar surface area (TPSA) is 82.5 Å². The molecule has 10 heteroatoms. The van der Waals surface area contributed by atoms with Crippen LogP contribution in [0.3, 0.4) is 0 Å². The molecule has 0 bridgehead atoms. The van der Waals surface area contributed by atoms with Gasteiger partial charge in [0.15, 0.2) is 0 Å². The van der Waals surface area contributed by atoms with E-state index in [2.05, 4.69) is 10.3 Å². The van der Waals surface area contributed by atoms with Gasteiger partial charge in [0.25, 0.3) is 0 Å². The molecular weight excluding hydrogens is 519 g/mol. The molecule has 1 aliphatic carbocycles. The van der Waals surface area contributed by atoms with Gasteiger partial charge in [-0.2, -0.15) is 13.2 Å². The summed E-state index contributed by atoms with van der Waals surface area (Å²) in [5.74, 6) is -2.44. The number of carboxylic acids is 1. The fourth-order valence-corrected chi connectivity index (χ4v) is 6.33. The van der Waals surface area contributed by atoms with Gasteiger partial charge in [-0.05, 0) is 36.0 Å². The molecule has 2 aliphatic rings. The number of likely N-dealkylation sites (tertiary alicyclic amines) is 1. The third-order valence-corrected chi connectivity index (χ3v) is 7.90. The Kier molecular flexibility index (Phi) is 7.98. The van der Waals surface area contributed by atoms with Crippen molar-refractivity contribution in [3.8, 4) is 0 Å². The van der Waals surface area contributed by atoms with Gasteiger partial charge in [-0.25, -0.2) is 9.78 Å². The molecule has 2 fully saturated rings. The van der Waals surface area contributed by atoms with Gasteiger partial charge in [-0.3, -0.25) is 4.79 Å². The number of aromatic nitrogens is 1. The normalized spacial score (nSPS) is 24.9. The van der Waals surface area contributed by atoms with E-state index in [1.165, 1.54) is 4.90 Å². The van der Waals surface area contributed by atoms with Crippen LogP contribution in [0.1, 0.15) is 70.0 Å². The van der Waals surface area contributed by atoms with Crippen LogP contribution in [-0.2, 0) is 15.8 Å². The Bertz CT molecular complexity index is 1160. The lowest BCUT2D eigenvalue weighted by atomic mass is 9.72. The fourth-order valence-electron chi connectivity index (χ4n) is 6.12. The van der Waals surface area contributed by atoms with Crippen molar-refractivity contribution in [1.82, 2.24) is 9.88 Å². The van der Waals surface area contributed by atoms with E-state index in [-0.39, 0.29) is 22.8 Å². The second kappa shape index (κ2) is 10.8. The Labute approximate surface area is 225 Å². The van der Waals surface area contributed by atoms with E-state index in [1.807, 2.05) is 39.0 Å². The van der Waals surface area contributed by atoms with Gasteiger partial charge in [0.1, 0.15) is 17.0 Å². The molecule has 2 aromatic rings. The molecule has 2 N–H and O–H groups in total. The molecule has 2 heterocycles. The molecule has 1 saturated carbocycles. The number of aliphatic carboxylic acids is 1. The predicted molar refractivity (Wildman–Crippen MR) is 139 cm³/mol. The molecule has 1 aromatic heterocycles. The average molecular weight is 552 g/mol. The lowest BCUT2D eigenvalue weighted by Crippen LogP contribution is -2.49. The summed E-state index contributed by atoms with van der Waals surface area (Å²) in [7, 11) is 0. The molecule has 1 aromatic carbocycles. The van der Waals surface area contributed by atoms with Crippen molar-refractivity contribution in [3.05, 3.63) is 58.7 Å². The second-order valence-electron chi connectivity index (χ2n) is 11.3. The first-order valence-electron chi connectivity index (χ1n) is 12.9. The zero-order valence-corrected chi connectivity index (χ0v) is 22.4. The van der Waals surface area contributed by atoms with Crippen LogP contribution in [0, 0.1) is 17.3 Å².